The average Bonchev–Trinajstić information content (AvgIpc) is 2.78. The lowest BCUT2D eigenvalue weighted by Gasteiger charge is -2.31. The van der Waals surface area contributed by atoms with Crippen LogP contribution >= 0.6 is 0 Å². The van der Waals surface area contributed by atoms with E-state index < -0.39 is 0 Å². The van der Waals surface area contributed by atoms with Crippen molar-refractivity contribution in [2.24, 2.45) is 12.8 Å². The van der Waals surface area contributed by atoms with E-state index in [2.05, 4.69) is 5.32 Å². The van der Waals surface area contributed by atoms with Crippen LogP contribution in [0.15, 0.2) is 12.3 Å². The number of rotatable bonds is 6. The maximum absolute atomic E-state index is 12.3. The van der Waals surface area contributed by atoms with Gasteiger partial charge in [-0.3, -0.25) is 9.59 Å². The van der Waals surface area contributed by atoms with Crippen molar-refractivity contribution in [3.8, 4) is 0 Å². The van der Waals surface area contributed by atoms with E-state index in [9.17, 15) is 9.59 Å². The Hall–Kier alpha value is -1.62. The Labute approximate surface area is 114 Å². The van der Waals surface area contributed by atoms with Crippen LogP contribution in [-0.4, -0.2) is 28.3 Å². The number of nitrogens with zero attached hydrogens (tertiary/aromatic N) is 1. The summed E-state index contributed by atoms with van der Waals surface area (Å²) in [6.45, 7) is 5.89. The summed E-state index contributed by atoms with van der Waals surface area (Å²) in [7, 11) is 1.75. The third kappa shape index (κ3) is 3.23. The van der Waals surface area contributed by atoms with Gasteiger partial charge in [0.05, 0.1) is 5.54 Å². The first-order chi connectivity index (χ1) is 8.89. The highest BCUT2D eigenvalue weighted by Gasteiger charge is 2.27. The van der Waals surface area contributed by atoms with Gasteiger partial charge < -0.3 is 15.6 Å². The number of aryl methyl sites for hydroxylation is 1. The van der Waals surface area contributed by atoms with E-state index in [-0.39, 0.29) is 17.2 Å². The molecule has 5 heteroatoms. The van der Waals surface area contributed by atoms with E-state index in [0.717, 1.165) is 12.8 Å². The molecule has 19 heavy (non-hydrogen) atoms. The van der Waals surface area contributed by atoms with Gasteiger partial charge in [-0.25, -0.2) is 0 Å². The first kappa shape index (κ1) is 15.4. The minimum absolute atomic E-state index is 0.0503. The summed E-state index contributed by atoms with van der Waals surface area (Å²) in [6.07, 6.45) is 3.21. The number of hydrogen-bond donors (Lipinski definition) is 2. The molecule has 1 aromatic heterocycles. The lowest BCUT2D eigenvalue weighted by atomic mass is 9.93. The van der Waals surface area contributed by atoms with Crippen LogP contribution in [0, 0.1) is 0 Å². The van der Waals surface area contributed by atoms with E-state index in [1.807, 2.05) is 13.8 Å². The predicted octanol–water partition coefficient (Wildman–Crippen LogP) is 1.47. The van der Waals surface area contributed by atoms with Gasteiger partial charge in [-0.2, -0.15) is 0 Å². The molecule has 0 aliphatic rings. The highest BCUT2D eigenvalue weighted by Crippen LogP contribution is 2.15. The number of ketones is 1. The third-order valence-electron chi connectivity index (χ3n) is 3.77. The van der Waals surface area contributed by atoms with Gasteiger partial charge in [0.1, 0.15) is 5.69 Å². The molecule has 0 aliphatic heterocycles. The summed E-state index contributed by atoms with van der Waals surface area (Å²) in [5.74, 6) is -0.241. The van der Waals surface area contributed by atoms with Crippen molar-refractivity contribution >= 4 is 11.7 Å². The van der Waals surface area contributed by atoms with Crippen molar-refractivity contribution < 1.29 is 9.59 Å². The zero-order chi connectivity index (χ0) is 14.6. The Morgan fingerprint density at radius 1 is 1.37 bits per heavy atom. The van der Waals surface area contributed by atoms with Crippen LogP contribution in [0.4, 0.5) is 0 Å². The summed E-state index contributed by atoms with van der Waals surface area (Å²) in [6, 6.07) is 1.62. The quantitative estimate of drug-likeness (QED) is 0.765. The van der Waals surface area contributed by atoms with Gasteiger partial charge in [0, 0.05) is 25.4 Å². The van der Waals surface area contributed by atoms with Crippen LogP contribution in [0.25, 0.3) is 0 Å². The summed E-state index contributed by atoms with van der Waals surface area (Å²) >= 11 is 0. The molecule has 0 bridgehead atoms. The summed E-state index contributed by atoms with van der Waals surface area (Å²) in [5, 5.41) is 2.99. The average molecular weight is 265 g/mol. The van der Waals surface area contributed by atoms with E-state index in [0.29, 0.717) is 17.8 Å². The lowest BCUT2D eigenvalue weighted by Crippen LogP contribution is -2.53. The number of aromatic nitrogens is 1. The standard InChI is InChI=1S/C14H23N3O2/c1-5-14(6-2,9-15)16-13(19)12-7-11(10(3)18)8-17(12)4/h7-8H,5-6,9,15H2,1-4H3,(H,16,19). The molecule has 0 radical (unpaired) electrons. The minimum atomic E-state index is -0.377. The van der Waals surface area contributed by atoms with Gasteiger partial charge >= 0.3 is 0 Å². The van der Waals surface area contributed by atoms with Crippen LogP contribution < -0.4 is 11.1 Å². The summed E-state index contributed by atoms with van der Waals surface area (Å²) < 4.78 is 1.67. The molecule has 0 spiro atoms. The second-order valence-corrected chi connectivity index (χ2v) is 4.93. The second-order valence-electron chi connectivity index (χ2n) is 4.93. The molecular formula is C14H23N3O2. The maximum Gasteiger partial charge on any atom is 0.268 e. The first-order valence-electron chi connectivity index (χ1n) is 6.59. The second kappa shape index (κ2) is 6.02. The fraction of sp³-hybridized carbons (Fsp3) is 0.571. The molecule has 0 atom stereocenters. The fourth-order valence-corrected chi connectivity index (χ4v) is 2.05. The molecule has 0 saturated carbocycles. The smallest absolute Gasteiger partial charge is 0.268 e. The molecule has 0 aromatic carbocycles. The number of carbonyl (C=O) groups excluding carboxylic acids is 2. The van der Waals surface area contributed by atoms with Gasteiger partial charge in [-0.1, -0.05) is 13.8 Å². The van der Waals surface area contributed by atoms with Crippen molar-refractivity contribution in [1.29, 1.82) is 0 Å². The Kier molecular flexibility index (Phi) is 4.89. The number of Topliss-reactive ketones (excluding diaryl/α,β-unsaturated/α-hetero) is 1. The molecule has 0 unspecified atom stereocenters. The van der Waals surface area contributed by atoms with Gasteiger partial charge in [0.2, 0.25) is 0 Å². The molecule has 1 amide bonds. The number of nitrogens with two attached hydrogens (primary N) is 1. The van der Waals surface area contributed by atoms with E-state index >= 15 is 0 Å². The first-order valence-corrected chi connectivity index (χ1v) is 6.59. The molecule has 0 saturated heterocycles. The zero-order valence-electron chi connectivity index (χ0n) is 12.1. The largest absolute Gasteiger partial charge is 0.346 e. The number of nitrogens with one attached hydrogen (secondary N) is 1. The van der Waals surface area contributed by atoms with Crippen LogP contribution in [0.2, 0.25) is 0 Å². The Bertz CT molecular complexity index is 465. The molecule has 0 fully saturated rings. The van der Waals surface area contributed by atoms with E-state index in [4.69, 9.17) is 5.73 Å². The highest BCUT2D eigenvalue weighted by molar-refractivity contribution is 5.99. The van der Waals surface area contributed by atoms with E-state index in [1.54, 1.807) is 23.9 Å². The molecule has 1 aromatic rings. The van der Waals surface area contributed by atoms with Gasteiger partial charge in [-0.15, -0.1) is 0 Å². The van der Waals surface area contributed by atoms with Gasteiger partial charge in [0.15, 0.2) is 5.78 Å². The fourth-order valence-electron chi connectivity index (χ4n) is 2.05. The SMILES string of the molecule is CCC(CC)(CN)NC(=O)c1cc(C(C)=O)cn1C. The third-order valence-corrected chi connectivity index (χ3v) is 3.77. The van der Waals surface area contributed by atoms with Crippen molar-refractivity contribution in [2.45, 2.75) is 39.2 Å². The van der Waals surface area contributed by atoms with Crippen molar-refractivity contribution in [3.05, 3.63) is 23.5 Å². The van der Waals surface area contributed by atoms with Gasteiger partial charge in [0.25, 0.3) is 5.91 Å². The molecule has 1 rings (SSSR count). The van der Waals surface area contributed by atoms with Crippen molar-refractivity contribution in [3.63, 3.8) is 0 Å². The minimum Gasteiger partial charge on any atom is -0.346 e. The Balaban J connectivity index is 2.98. The monoisotopic (exact) mass is 265 g/mol. The van der Waals surface area contributed by atoms with Gasteiger partial charge in [-0.05, 0) is 25.8 Å². The highest BCUT2D eigenvalue weighted by atomic mass is 16.2. The molecular weight excluding hydrogens is 242 g/mol. The van der Waals surface area contributed by atoms with E-state index in [1.165, 1.54) is 6.92 Å². The van der Waals surface area contributed by atoms with Crippen LogP contribution in [0.1, 0.15) is 54.5 Å². The number of carbonyl (C=O) groups is 2. The zero-order valence-corrected chi connectivity index (χ0v) is 12.1. The van der Waals surface area contributed by atoms with Crippen LogP contribution in [-0.2, 0) is 7.05 Å². The van der Waals surface area contributed by atoms with Crippen molar-refractivity contribution in [2.75, 3.05) is 6.54 Å². The molecule has 5 nitrogen and oxygen atoms in total. The normalized spacial score (nSPS) is 11.4. The topological polar surface area (TPSA) is 77.1 Å². The molecule has 0 aliphatic carbocycles. The maximum atomic E-state index is 12.3. The molecule has 106 valence electrons. The predicted molar refractivity (Wildman–Crippen MR) is 75.3 cm³/mol. The summed E-state index contributed by atoms with van der Waals surface area (Å²) in [4.78, 5) is 23.6. The number of hydrogen-bond acceptors (Lipinski definition) is 3. The Morgan fingerprint density at radius 2 is 1.95 bits per heavy atom. The van der Waals surface area contributed by atoms with Crippen LogP contribution in [0.3, 0.4) is 0 Å². The lowest BCUT2D eigenvalue weighted by molar-refractivity contribution is 0.0886. The van der Waals surface area contributed by atoms with Crippen molar-refractivity contribution in [1.82, 2.24) is 9.88 Å². The molecule has 3 N–H and O–H groups in total. The number of amides is 1. The summed E-state index contributed by atoms with van der Waals surface area (Å²) in [5.41, 5.74) is 6.41. The molecule has 1 heterocycles. The van der Waals surface area contributed by atoms with Crippen LogP contribution in [0.5, 0.6) is 0 Å². The Morgan fingerprint density at radius 3 is 2.32 bits per heavy atom.